The molecular formula is C27H31N7O3. The van der Waals surface area contributed by atoms with E-state index in [1.165, 1.54) is 0 Å². The van der Waals surface area contributed by atoms with Crippen molar-refractivity contribution in [3.8, 4) is 11.4 Å². The van der Waals surface area contributed by atoms with Crippen molar-refractivity contribution >= 4 is 28.4 Å². The van der Waals surface area contributed by atoms with Crippen molar-refractivity contribution in [3.63, 3.8) is 0 Å². The van der Waals surface area contributed by atoms with Crippen molar-refractivity contribution in [3.05, 3.63) is 76.2 Å². The Morgan fingerprint density at radius 3 is 2.59 bits per heavy atom. The number of benzene rings is 2. The number of amides is 2. The molecule has 192 valence electrons. The van der Waals surface area contributed by atoms with Gasteiger partial charge in [-0.25, -0.2) is 9.78 Å². The number of aliphatic hydroxyl groups excluding tert-OH is 1. The van der Waals surface area contributed by atoms with E-state index >= 15 is 0 Å². The summed E-state index contributed by atoms with van der Waals surface area (Å²) in [5, 5.41) is 10.2. The lowest BCUT2D eigenvalue weighted by Gasteiger charge is -2.35. The van der Waals surface area contributed by atoms with Crippen molar-refractivity contribution in [2.75, 3.05) is 49.3 Å². The molecule has 0 aliphatic carbocycles. The first-order valence-electron chi connectivity index (χ1n) is 12.4. The average molecular weight is 502 g/mol. The number of rotatable bonds is 7. The van der Waals surface area contributed by atoms with Crippen LogP contribution in [0.25, 0.3) is 22.4 Å². The van der Waals surface area contributed by atoms with Crippen LogP contribution >= 0.6 is 0 Å². The largest absolute Gasteiger partial charge is 0.376 e. The van der Waals surface area contributed by atoms with Crippen LogP contribution in [0, 0.1) is 6.92 Å². The number of hydrogen-bond donors (Lipinski definition) is 4. The summed E-state index contributed by atoms with van der Waals surface area (Å²) in [7, 11) is 0. The van der Waals surface area contributed by atoms with Crippen molar-refractivity contribution in [1.82, 2.24) is 19.9 Å². The number of nitrogens with zero attached hydrogens (tertiary/aromatic N) is 4. The van der Waals surface area contributed by atoms with E-state index in [0.29, 0.717) is 49.8 Å². The molecular weight excluding hydrogens is 470 g/mol. The summed E-state index contributed by atoms with van der Waals surface area (Å²) in [5.41, 5.74) is 10.9. The molecule has 1 aliphatic heterocycles. The van der Waals surface area contributed by atoms with Gasteiger partial charge in [0.2, 0.25) is 0 Å². The molecule has 0 unspecified atom stereocenters. The number of H-pyrrole nitrogens is 2. The molecule has 2 amide bonds. The number of anilines is 2. The number of piperazine rings is 1. The monoisotopic (exact) mass is 501 g/mol. The van der Waals surface area contributed by atoms with Crippen LogP contribution < -0.4 is 21.1 Å². The van der Waals surface area contributed by atoms with E-state index in [4.69, 9.17) is 10.7 Å². The zero-order valence-corrected chi connectivity index (χ0v) is 20.8. The Hall–Kier alpha value is -4.31. The van der Waals surface area contributed by atoms with Crippen LogP contribution in [0.1, 0.15) is 11.1 Å². The van der Waals surface area contributed by atoms with Gasteiger partial charge in [-0.1, -0.05) is 30.3 Å². The third-order valence-electron chi connectivity index (χ3n) is 6.92. The van der Waals surface area contributed by atoms with Crippen LogP contribution in [-0.4, -0.2) is 70.4 Å². The number of imidazole rings is 1. The SMILES string of the molecule is Cc1cc(N2CCN(C(N)=O)CC2)cc2[nH]c(-c3c(N(CO)CCc4ccccc4)cc[nH]c3=O)nc12. The summed E-state index contributed by atoms with van der Waals surface area (Å²) >= 11 is 0. The minimum Gasteiger partial charge on any atom is -0.376 e. The number of aryl methyl sites for hydroxylation is 1. The summed E-state index contributed by atoms with van der Waals surface area (Å²) in [4.78, 5) is 41.0. The summed E-state index contributed by atoms with van der Waals surface area (Å²) in [6.07, 6.45) is 2.31. The van der Waals surface area contributed by atoms with E-state index in [9.17, 15) is 14.7 Å². The molecule has 2 aromatic carbocycles. The Labute approximate surface area is 214 Å². The Bertz CT molecular complexity index is 1460. The number of hydrogen-bond acceptors (Lipinski definition) is 6. The first-order chi connectivity index (χ1) is 17.9. The van der Waals surface area contributed by atoms with Crippen LogP contribution in [0.5, 0.6) is 0 Å². The fourth-order valence-electron chi connectivity index (χ4n) is 4.89. The number of nitrogens with one attached hydrogen (secondary N) is 2. The van der Waals surface area contributed by atoms with Gasteiger partial charge < -0.3 is 35.5 Å². The van der Waals surface area contributed by atoms with Crippen LogP contribution in [0.15, 0.2) is 59.5 Å². The fraction of sp³-hybridized carbons (Fsp3) is 0.296. The predicted molar refractivity (Wildman–Crippen MR) is 145 cm³/mol. The second kappa shape index (κ2) is 10.4. The van der Waals surface area contributed by atoms with Gasteiger partial charge in [-0.2, -0.15) is 0 Å². The lowest BCUT2D eigenvalue weighted by molar-refractivity contribution is 0.204. The molecule has 10 nitrogen and oxygen atoms in total. The van der Waals surface area contributed by atoms with Gasteiger partial charge in [0.25, 0.3) is 5.56 Å². The summed E-state index contributed by atoms with van der Waals surface area (Å²) in [6.45, 7) is 4.81. The summed E-state index contributed by atoms with van der Waals surface area (Å²) < 4.78 is 0. The van der Waals surface area contributed by atoms with Gasteiger partial charge in [-0.3, -0.25) is 4.79 Å². The van der Waals surface area contributed by atoms with Crippen LogP contribution in [0.2, 0.25) is 0 Å². The van der Waals surface area contributed by atoms with E-state index in [0.717, 1.165) is 34.3 Å². The fourth-order valence-corrected chi connectivity index (χ4v) is 4.89. The molecule has 0 radical (unpaired) electrons. The Balaban J connectivity index is 1.46. The standard InChI is InChI=1S/C27H31N7O3/c1-18-15-20(32-11-13-33(14-12-32)27(28)37)16-21-24(18)31-25(30-21)23-22(7-9-29-26(23)36)34(17-35)10-8-19-5-3-2-4-6-19/h2-7,9,15-16,35H,8,10-14,17H2,1H3,(H2,28,37)(H,29,36)(H,30,31). The van der Waals surface area contributed by atoms with Gasteiger partial charge in [0.05, 0.1) is 16.7 Å². The highest BCUT2D eigenvalue weighted by Gasteiger charge is 2.22. The number of urea groups is 1. The number of pyridine rings is 1. The maximum Gasteiger partial charge on any atom is 0.314 e. The second-order valence-electron chi connectivity index (χ2n) is 9.26. The third kappa shape index (κ3) is 5.01. The number of aliphatic hydroxyl groups is 1. The number of carbonyl (C=O) groups is 1. The maximum absolute atomic E-state index is 13.0. The molecule has 5 N–H and O–H groups in total. The molecule has 2 aromatic heterocycles. The number of aromatic amines is 2. The molecule has 4 aromatic rings. The first kappa shape index (κ1) is 24.4. The summed E-state index contributed by atoms with van der Waals surface area (Å²) in [6, 6.07) is 15.5. The molecule has 1 saturated heterocycles. The number of nitrogens with two attached hydrogens (primary N) is 1. The van der Waals surface area contributed by atoms with Gasteiger partial charge in [-0.15, -0.1) is 0 Å². The van der Waals surface area contributed by atoms with Crippen molar-refractivity contribution in [2.24, 2.45) is 5.73 Å². The van der Waals surface area contributed by atoms with Crippen LogP contribution in [0.4, 0.5) is 16.2 Å². The average Bonchev–Trinajstić information content (AvgIpc) is 3.34. The molecule has 0 atom stereocenters. The normalized spacial score (nSPS) is 13.8. The van der Waals surface area contributed by atoms with E-state index in [1.54, 1.807) is 22.1 Å². The van der Waals surface area contributed by atoms with E-state index in [2.05, 4.69) is 20.9 Å². The van der Waals surface area contributed by atoms with E-state index < -0.39 is 6.03 Å². The molecule has 0 spiro atoms. The Morgan fingerprint density at radius 2 is 1.89 bits per heavy atom. The number of primary amides is 1. The minimum absolute atomic E-state index is 0.232. The number of aromatic nitrogens is 3. The van der Waals surface area contributed by atoms with Gasteiger partial charge in [0.1, 0.15) is 18.1 Å². The van der Waals surface area contributed by atoms with Crippen molar-refractivity contribution in [2.45, 2.75) is 13.3 Å². The molecule has 10 heteroatoms. The Kier molecular flexibility index (Phi) is 6.82. The van der Waals surface area contributed by atoms with Crippen molar-refractivity contribution < 1.29 is 9.90 Å². The minimum atomic E-state index is -0.394. The van der Waals surface area contributed by atoms with E-state index in [1.807, 2.05) is 43.3 Å². The van der Waals surface area contributed by atoms with Gasteiger partial charge in [-0.05, 0) is 42.7 Å². The molecule has 37 heavy (non-hydrogen) atoms. The molecule has 0 saturated carbocycles. The highest BCUT2D eigenvalue weighted by molar-refractivity contribution is 5.87. The highest BCUT2D eigenvalue weighted by Crippen LogP contribution is 2.31. The lowest BCUT2D eigenvalue weighted by atomic mass is 10.1. The predicted octanol–water partition coefficient (Wildman–Crippen LogP) is 2.43. The topological polar surface area (TPSA) is 135 Å². The number of fused-ring (bicyclic) bond motifs is 1. The molecule has 0 bridgehead atoms. The van der Waals surface area contributed by atoms with Gasteiger partial charge in [0.15, 0.2) is 0 Å². The lowest BCUT2D eigenvalue weighted by Crippen LogP contribution is -2.50. The molecule has 1 fully saturated rings. The highest BCUT2D eigenvalue weighted by atomic mass is 16.3. The van der Waals surface area contributed by atoms with Crippen LogP contribution in [-0.2, 0) is 6.42 Å². The third-order valence-corrected chi connectivity index (χ3v) is 6.92. The van der Waals surface area contributed by atoms with Gasteiger partial charge >= 0.3 is 6.03 Å². The Morgan fingerprint density at radius 1 is 1.14 bits per heavy atom. The zero-order valence-electron chi connectivity index (χ0n) is 20.8. The second-order valence-corrected chi connectivity index (χ2v) is 9.26. The molecule has 1 aliphatic rings. The van der Waals surface area contributed by atoms with Crippen molar-refractivity contribution in [1.29, 1.82) is 0 Å². The van der Waals surface area contributed by atoms with E-state index in [-0.39, 0.29) is 12.3 Å². The van der Waals surface area contributed by atoms with Crippen LogP contribution in [0.3, 0.4) is 0 Å². The molecule has 5 rings (SSSR count). The number of carbonyl (C=O) groups excluding carboxylic acids is 1. The smallest absolute Gasteiger partial charge is 0.314 e. The first-order valence-corrected chi connectivity index (χ1v) is 12.4. The quantitative estimate of drug-likeness (QED) is 0.287. The zero-order chi connectivity index (χ0) is 25.9. The maximum atomic E-state index is 13.0. The van der Waals surface area contributed by atoms with Gasteiger partial charge in [0, 0.05) is 44.6 Å². The molecule has 3 heterocycles. The summed E-state index contributed by atoms with van der Waals surface area (Å²) in [5.74, 6) is 0.448.